The fraction of sp³-hybridized carbons (Fsp3) is 0.364. The monoisotopic (exact) mass is 236 g/mol. The number of aromatic nitrogens is 2. The molecule has 1 aliphatic heterocycles. The number of hydrazine groups is 1. The van der Waals surface area contributed by atoms with Gasteiger partial charge in [0.2, 0.25) is 0 Å². The molecular weight excluding hydrogens is 224 g/mol. The molecule has 5 heteroatoms. The minimum Gasteiger partial charge on any atom is -0.327 e. The van der Waals surface area contributed by atoms with Gasteiger partial charge in [-0.15, -0.1) is 0 Å². The highest BCUT2D eigenvalue weighted by Crippen LogP contribution is 2.21. The van der Waals surface area contributed by atoms with Crippen molar-refractivity contribution < 1.29 is 0 Å². The van der Waals surface area contributed by atoms with Crippen LogP contribution in [0.15, 0.2) is 18.2 Å². The lowest BCUT2D eigenvalue weighted by Crippen LogP contribution is -2.33. The Morgan fingerprint density at radius 1 is 1.25 bits per heavy atom. The van der Waals surface area contributed by atoms with Crippen molar-refractivity contribution in [3.8, 4) is 0 Å². The largest absolute Gasteiger partial charge is 0.327 e. The number of rotatable bonds is 0. The molecule has 0 unspecified atom stereocenters. The highest BCUT2D eigenvalue weighted by molar-refractivity contribution is 6.31. The van der Waals surface area contributed by atoms with E-state index in [1.807, 2.05) is 23.2 Å². The number of imidazole rings is 1. The molecule has 0 spiro atoms. The Balaban J connectivity index is 2.15. The van der Waals surface area contributed by atoms with Gasteiger partial charge in [0.05, 0.1) is 11.0 Å². The van der Waals surface area contributed by atoms with E-state index in [4.69, 9.17) is 17.4 Å². The van der Waals surface area contributed by atoms with Gasteiger partial charge in [0.25, 0.3) is 0 Å². The Labute approximate surface area is 98.6 Å². The van der Waals surface area contributed by atoms with E-state index in [1.54, 1.807) is 0 Å². The van der Waals surface area contributed by atoms with Crippen LogP contribution in [0.1, 0.15) is 5.82 Å². The van der Waals surface area contributed by atoms with Gasteiger partial charge in [0.1, 0.15) is 5.82 Å². The molecule has 1 aromatic carbocycles. The third-order valence-corrected chi connectivity index (χ3v) is 3.26. The number of hydrogen-bond acceptors (Lipinski definition) is 3. The van der Waals surface area contributed by atoms with Crippen molar-refractivity contribution in [2.45, 2.75) is 13.0 Å². The summed E-state index contributed by atoms with van der Waals surface area (Å²) in [6.07, 6.45) is 0.892. The standard InChI is InChI=1S/C11H13ClN4/c12-8-1-2-10-9(7-8)14-11-3-4-15(13)5-6-16(10)11/h1-2,7H,3-6,13H2. The molecule has 1 aromatic heterocycles. The molecule has 2 aromatic rings. The summed E-state index contributed by atoms with van der Waals surface area (Å²) < 4.78 is 2.23. The summed E-state index contributed by atoms with van der Waals surface area (Å²) in [6.45, 7) is 2.61. The van der Waals surface area contributed by atoms with E-state index in [9.17, 15) is 0 Å². The summed E-state index contributed by atoms with van der Waals surface area (Å²) in [5, 5.41) is 2.58. The first-order valence-corrected chi connectivity index (χ1v) is 5.76. The van der Waals surface area contributed by atoms with Crippen LogP contribution >= 0.6 is 11.6 Å². The summed E-state index contributed by atoms with van der Waals surface area (Å²) >= 11 is 5.96. The third kappa shape index (κ3) is 1.59. The van der Waals surface area contributed by atoms with E-state index >= 15 is 0 Å². The number of halogens is 1. The van der Waals surface area contributed by atoms with Crippen LogP contribution in [0.5, 0.6) is 0 Å². The second-order valence-electron chi connectivity index (χ2n) is 4.10. The van der Waals surface area contributed by atoms with E-state index in [0.29, 0.717) is 0 Å². The van der Waals surface area contributed by atoms with Crippen molar-refractivity contribution >= 4 is 22.6 Å². The lowest BCUT2D eigenvalue weighted by molar-refractivity contribution is 0.290. The van der Waals surface area contributed by atoms with Gasteiger partial charge in [0, 0.05) is 31.1 Å². The maximum atomic E-state index is 5.96. The number of hydrogen-bond donors (Lipinski definition) is 1. The second kappa shape index (κ2) is 3.73. The van der Waals surface area contributed by atoms with Crippen molar-refractivity contribution in [3.05, 3.63) is 29.0 Å². The van der Waals surface area contributed by atoms with Gasteiger partial charge >= 0.3 is 0 Å². The molecule has 0 bridgehead atoms. The van der Waals surface area contributed by atoms with E-state index in [0.717, 1.165) is 47.9 Å². The molecular formula is C11H13ClN4. The Hall–Kier alpha value is -1.10. The van der Waals surface area contributed by atoms with E-state index < -0.39 is 0 Å². The lowest BCUT2D eigenvalue weighted by atomic mass is 10.3. The molecule has 3 rings (SSSR count). The molecule has 0 atom stereocenters. The highest BCUT2D eigenvalue weighted by Gasteiger charge is 2.15. The Morgan fingerprint density at radius 3 is 3.00 bits per heavy atom. The molecule has 84 valence electrons. The van der Waals surface area contributed by atoms with E-state index in [-0.39, 0.29) is 0 Å². The fourth-order valence-corrected chi connectivity index (χ4v) is 2.34. The van der Waals surface area contributed by atoms with Gasteiger partial charge in [0.15, 0.2) is 0 Å². The van der Waals surface area contributed by atoms with E-state index in [1.165, 1.54) is 0 Å². The van der Waals surface area contributed by atoms with Crippen LogP contribution in [-0.2, 0) is 13.0 Å². The normalized spacial score (nSPS) is 17.4. The van der Waals surface area contributed by atoms with Gasteiger partial charge in [-0.2, -0.15) is 0 Å². The average Bonchev–Trinajstić information content (AvgIpc) is 2.50. The van der Waals surface area contributed by atoms with Crippen molar-refractivity contribution in [1.29, 1.82) is 0 Å². The van der Waals surface area contributed by atoms with Gasteiger partial charge in [-0.25, -0.2) is 9.99 Å². The van der Waals surface area contributed by atoms with Crippen LogP contribution in [0.4, 0.5) is 0 Å². The summed E-state index contributed by atoms with van der Waals surface area (Å²) in [7, 11) is 0. The Bertz CT molecular complexity index is 534. The number of nitrogens with zero attached hydrogens (tertiary/aromatic N) is 3. The topological polar surface area (TPSA) is 47.1 Å². The number of fused-ring (bicyclic) bond motifs is 3. The lowest BCUT2D eigenvalue weighted by Gasteiger charge is -2.11. The minimum absolute atomic E-state index is 0.737. The molecule has 4 nitrogen and oxygen atoms in total. The maximum Gasteiger partial charge on any atom is 0.111 e. The third-order valence-electron chi connectivity index (χ3n) is 3.02. The molecule has 2 heterocycles. The van der Waals surface area contributed by atoms with Gasteiger partial charge in [-0.05, 0) is 18.2 Å². The zero-order chi connectivity index (χ0) is 11.1. The first-order valence-electron chi connectivity index (χ1n) is 5.38. The smallest absolute Gasteiger partial charge is 0.111 e. The summed E-state index contributed by atoms with van der Waals surface area (Å²) in [6, 6.07) is 5.85. The van der Waals surface area contributed by atoms with Crippen LogP contribution in [0.3, 0.4) is 0 Å². The number of nitrogens with two attached hydrogens (primary N) is 1. The first kappa shape index (κ1) is 10.1. The molecule has 0 radical (unpaired) electrons. The Morgan fingerprint density at radius 2 is 2.12 bits per heavy atom. The zero-order valence-corrected chi connectivity index (χ0v) is 9.61. The zero-order valence-electron chi connectivity index (χ0n) is 8.86. The SMILES string of the molecule is NN1CCc2nc3cc(Cl)ccc3n2CC1. The van der Waals surface area contributed by atoms with Crippen LogP contribution in [0.2, 0.25) is 5.02 Å². The molecule has 0 amide bonds. The van der Waals surface area contributed by atoms with Gasteiger partial charge in [-0.1, -0.05) is 11.6 Å². The molecule has 0 saturated heterocycles. The quantitative estimate of drug-likeness (QED) is 0.704. The van der Waals surface area contributed by atoms with Crippen LogP contribution < -0.4 is 5.84 Å². The van der Waals surface area contributed by atoms with Gasteiger partial charge < -0.3 is 4.57 Å². The van der Waals surface area contributed by atoms with Crippen LogP contribution in [0, 0.1) is 0 Å². The molecule has 1 aliphatic rings. The highest BCUT2D eigenvalue weighted by atomic mass is 35.5. The van der Waals surface area contributed by atoms with Crippen LogP contribution in [0.25, 0.3) is 11.0 Å². The minimum atomic E-state index is 0.737. The van der Waals surface area contributed by atoms with Crippen molar-refractivity contribution in [2.24, 2.45) is 5.84 Å². The molecule has 0 aliphatic carbocycles. The molecule has 2 N–H and O–H groups in total. The summed E-state index contributed by atoms with van der Waals surface area (Å²) in [4.78, 5) is 4.60. The predicted octanol–water partition coefficient (Wildman–Crippen LogP) is 1.42. The van der Waals surface area contributed by atoms with Crippen LogP contribution in [-0.4, -0.2) is 27.6 Å². The summed E-state index contributed by atoms with van der Waals surface area (Å²) in [5.41, 5.74) is 2.13. The van der Waals surface area contributed by atoms with Crippen molar-refractivity contribution in [3.63, 3.8) is 0 Å². The maximum absolute atomic E-state index is 5.96. The molecule has 0 fully saturated rings. The van der Waals surface area contributed by atoms with Gasteiger partial charge in [-0.3, -0.25) is 5.84 Å². The van der Waals surface area contributed by atoms with Crippen molar-refractivity contribution in [2.75, 3.05) is 13.1 Å². The van der Waals surface area contributed by atoms with E-state index in [2.05, 4.69) is 9.55 Å². The molecule has 0 saturated carbocycles. The Kier molecular flexibility index (Phi) is 2.35. The van der Waals surface area contributed by atoms with Crippen molar-refractivity contribution in [1.82, 2.24) is 14.6 Å². The fourth-order valence-electron chi connectivity index (χ4n) is 2.18. The first-order chi connectivity index (χ1) is 7.74. The molecule has 16 heavy (non-hydrogen) atoms. The predicted molar refractivity (Wildman–Crippen MR) is 64.2 cm³/mol. The average molecular weight is 237 g/mol. The second-order valence-corrected chi connectivity index (χ2v) is 4.54. The summed E-state index contributed by atoms with van der Waals surface area (Å²) in [5.74, 6) is 6.91. The number of benzene rings is 1.